The average Bonchev–Trinajstić information content (AvgIpc) is 2.47. The molecule has 92 valence electrons. The van der Waals surface area contributed by atoms with E-state index in [2.05, 4.69) is 5.32 Å². The summed E-state index contributed by atoms with van der Waals surface area (Å²) in [5, 5.41) is 1.48. The van der Waals surface area contributed by atoms with Gasteiger partial charge in [0.2, 0.25) is 5.91 Å². The van der Waals surface area contributed by atoms with Gasteiger partial charge in [-0.05, 0) is 13.3 Å². The molecule has 1 fully saturated rings. The lowest BCUT2D eigenvalue weighted by Gasteiger charge is -2.06. The number of ether oxygens (including phenoxy) is 1. The van der Waals surface area contributed by atoms with E-state index in [4.69, 9.17) is 4.74 Å². The standard InChI is InChI=1S/C9H15NO5S/c1-3-15-8(11)5-6-4-7(10-9(6)12)16(2,13)14/h6-7H,3-5H2,1-2H3,(H,10,12). The van der Waals surface area contributed by atoms with Crippen LogP contribution in [0.25, 0.3) is 0 Å². The van der Waals surface area contributed by atoms with Gasteiger partial charge in [0.25, 0.3) is 0 Å². The summed E-state index contributed by atoms with van der Waals surface area (Å²) >= 11 is 0. The smallest absolute Gasteiger partial charge is 0.306 e. The molecule has 1 saturated heterocycles. The fraction of sp³-hybridized carbons (Fsp3) is 0.778. The summed E-state index contributed by atoms with van der Waals surface area (Å²) < 4.78 is 27.1. The van der Waals surface area contributed by atoms with Gasteiger partial charge in [-0.2, -0.15) is 0 Å². The van der Waals surface area contributed by atoms with Gasteiger partial charge in [-0.15, -0.1) is 0 Å². The second kappa shape index (κ2) is 4.82. The van der Waals surface area contributed by atoms with Crippen LogP contribution in [0.4, 0.5) is 0 Å². The van der Waals surface area contributed by atoms with E-state index >= 15 is 0 Å². The van der Waals surface area contributed by atoms with Gasteiger partial charge in [0, 0.05) is 6.26 Å². The van der Waals surface area contributed by atoms with Gasteiger partial charge in [-0.25, -0.2) is 8.42 Å². The zero-order valence-corrected chi connectivity index (χ0v) is 10.0. The van der Waals surface area contributed by atoms with Crippen molar-refractivity contribution in [2.45, 2.75) is 25.1 Å². The van der Waals surface area contributed by atoms with Crippen molar-refractivity contribution in [3.05, 3.63) is 0 Å². The summed E-state index contributed by atoms with van der Waals surface area (Å²) in [6.07, 6.45) is 1.13. The van der Waals surface area contributed by atoms with Gasteiger partial charge in [0.1, 0.15) is 5.37 Å². The minimum atomic E-state index is -3.30. The topological polar surface area (TPSA) is 89.5 Å². The fourth-order valence-corrected chi connectivity index (χ4v) is 2.49. The minimum Gasteiger partial charge on any atom is -0.466 e. The maximum Gasteiger partial charge on any atom is 0.306 e. The maximum absolute atomic E-state index is 11.4. The van der Waals surface area contributed by atoms with E-state index in [1.54, 1.807) is 6.92 Å². The molecule has 0 bridgehead atoms. The van der Waals surface area contributed by atoms with Crippen molar-refractivity contribution in [3.63, 3.8) is 0 Å². The molecule has 7 heteroatoms. The Balaban J connectivity index is 2.59. The molecule has 0 spiro atoms. The first-order valence-electron chi connectivity index (χ1n) is 4.99. The van der Waals surface area contributed by atoms with Crippen LogP contribution in [0.1, 0.15) is 19.8 Å². The molecule has 2 unspecified atom stereocenters. The summed E-state index contributed by atoms with van der Waals surface area (Å²) in [6.45, 7) is 1.93. The van der Waals surface area contributed by atoms with Crippen LogP contribution >= 0.6 is 0 Å². The molecule has 6 nitrogen and oxygen atoms in total. The molecule has 0 aromatic rings. The van der Waals surface area contributed by atoms with Crippen LogP contribution in [0.15, 0.2) is 0 Å². The van der Waals surface area contributed by atoms with Gasteiger partial charge < -0.3 is 10.1 Å². The van der Waals surface area contributed by atoms with Crippen LogP contribution in [0.5, 0.6) is 0 Å². The van der Waals surface area contributed by atoms with E-state index in [-0.39, 0.29) is 19.4 Å². The third-order valence-corrected chi connectivity index (χ3v) is 3.75. The van der Waals surface area contributed by atoms with Crippen molar-refractivity contribution >= 4 is 21.7 Å². The number of hydrogen-bond acceptors (Lipinski definition) is 5. The lowest BCUT2D eigenvalue weighted by Crippen LogP contribution is -2.32. The van der Waals surface area contributed by atoms with Crippen molar-refractivity contribution in [3.8, 4) is 0 Å². The number of carbonyl (C=O) groups is 2. The molecule has 0 aliphatic carbocycles. The number of nitrogens with one attached hydrogen (secondary N) is 1. The lowest BCUT2D eigenvalue weighted by atomic mass is 10.0. The number of carbonyl (C=O) groups excluding carboxylic acids is 2. The molecule has 0 radical (unpaired) electrons. The Morgan fingerprint density at radius 3 is 2.62 bits per heavy atom. The van der Waals surface area contributed by atoms with E-state index < -0.39 is 33.0 Å². The Hall–Kier alpha value is -1.11. The average molecular weight is 249 g/mol. The van der Waals surface area contributed by atoms with Crippen molar-refractivity contribution in [2.75, 3.05) is 12.9 Å². The summed E-state index contributed by atoms with van der Waals surface area (Å²) in [5.74, 6) is -1.47. The van der Waals surface area contributed by atoms with Gasteiger partial charge in [0.15, 0.2) is 9.84 Å². The number of hydrogen-bond donors (Lipinski definition) is 1. The van der Waals surface area contributed by atoms with Gasteiger partial charge in [0.05, 0.1) is 18.9 Å². The highest BCUT2D eigenvalue weighted by atomic mass is 32.2. The molecular formula is C9H15NO5S. The number of sulfone groups is 1. The molecule has 1 N–H and O–H groups in total. The van der Waals surface area contributed by atoms with Crippen LogP contribution < -0.4 is 5.32 Å². The highest BCUT2D eigenvalue weighted by Gasteiger charge is 2.38. The molecule has 16 heavy (non-hydrogen) atoms. The Bertz CT molecular complexity index is 389. The largest absolute Gasteiger partial charge is 0.466 e. The minimum absolute atomic E-state index is 0.0638. The second-order valence-electron chi connectivity index (χ2n) is 3.77. The van der Waals surface area contributed by atoms with E-state index in [9.17, 15) is 18.0 Å². The zero-order chi connectivity index (χ0) is 12.3. The monoisotopic (exact) mass is 249 g/mol. The van der Waals surface area contributed by atoms with Crippen LogP contribution in [0.3, 0.4) is 0 Å². The number of esters is 1. The quantitative estimate of drug-likeness (QED) is 0.675. The fourth-order valence-electron chi connectivity index (χ4n) is 1.58. The molecule has 0 aromatic heterocycles. The summed E-state index contributed by atoms with van der Waals surface area (Å²) in [6, 6.07) is 0. The van der Waals surface area contributed by atoms with Gasteiger partial charge >= 0.3 is 5.97 Å². The summed E-state index contributed by atoms with van der Waals surface area (Å²) in [7, 11) is -3.30. The van der Waals surface area contributed by atoms with E-state index in [0.29, 0.717) is 0 Å². The predicted molar refractivity (Wildman–Crippen MR) is 56.1 cm³/mol. The Morgan fingerprint density at radius 2 is 2.19 bits per heavy atom. The Labute approximate surface area is 94.3 Å². The number of rotatable bonds is 4. The molecule has 0 aromatic carbocycles. The number of amides is 1. The maximum atomic E-state index is 11.4. The first-order valence-corrected chi connectivity index (χ1v) is 6.95. The lowest BCUT2D eigenvalue weighted by molar-refractivity contribution is -0.145. The van der Waals surface area contributed by atoms with E-state index in [0.717, 1.165) is 6.26 Å². The van der Waals surface area contributed by atoms with Crippen LogP contribution in [0.2, 0.25) is 0 Å². The predicted octanol–water partition coefficient (Wildman–Crippen LogP) is -0.554. The van der Waals surface area contributed by atoms with Gasteiger partial charge in [-0.1, -0.05) is 0 Å². The van der Waals surface area contributed by atoms with E-state index in [1.807, 2.05) is 0 Å². The first-order chi connectivity index (χ1) is 7.34. The third-order valence-electron chi connectivity index (χ3n) is 2.41. The van der Waals surface area contributed by atoms with Crippen molar-refractivity contribution < 1.29 is 22.7 Å². The summed E-state index contributed by atoms with van der Waals surface area (Å²) in [5.41, 5.74) is 0. The highest BCUT2D eigenvalue weighted by molar-refractivity contribution is 7.91. The van der Waals surface area contributed by atoms with Crippen molar-refractivity contribution in [2.24, 2.45) is 5.92 Å². The Kier molecular flexibility index (Phi) is 3.90. The first kappa shape index (κ1) is 13.0. The molecule has 1 rings (SSSR count). The van der Waals surface area contributed by atoms with Crippen molar-refractivity contribution in [1.82, 2.24) is 5.32 Å². The molecule has 1 aliphatic rings. The zero-order valence-electron chi connectivity index (χ0n) is 9.23. The van der Waals surface area contributed by atoms with Crippen LogP contribution in [-0.2, 0) is 24.2 Å². The van der Waals surface area contributed by atoms with E-state index in [1.165, 1.54) is 0 Å². The van der Waals surface area contributed by atoms with Crippen LogP contribution in [0, 0.1) is 5.92 Å². The normalized spacial score (nSPS) is 25.2. The third kappa shape index (κ3) is 3.19. The Morgan fingerprint density at radius 1 is 1.56 bits per heavy atom. The van der Waals surface area contributed by atoms with Crippen LogP contribution in [-0.4, -0.2) is 38.5 Å². The summed E-state index contributed by atoms with van der Waals surface area (Å²) in [4.78, 5) is 22.5. The molecule has 1 heterocycles. The highest BCUT2D eigenvalue weighted by Crippen LogP contribution is 2.22. The molecule has 2 atom stereocenters. The SMILES string of the molecule is CCOC(=O)CC1CC(S(C)(=O)=O)NC1=O. The molecule has 1 amide bonds. The molecule has 0 saturated carbocycles. The second-order valence-corrected chi connectivity index (χ2v) is 6.00. The molecule has 1 aliphatic heterocycles. The van der Waals surface area contributed by atoms with Gasteiger partial charge in [-0.3, -0.25) is 9.59 Å². The van der Waals surface area contributed by atoms with Crippen molar-refractivity contribution in [1.29, 1.82) is 0 Å². The molecular weight excluding hydrogens is 234 g/mol.